The number of rotatable bonds is 4. The molecule has 1 heterocycles. The van der Waals surface area contributed by atoms with Gasteiger partial charge < -0.3 is 10.5 Å². The van der Waals surface area contributed by atoms with Crippen LogP contribution in [0.25, 0.3) is 0 Å². The van der Waals surface area contributed by atoms with Crippen LogP contribution < -0.4 is 10.5 Å². The third kappa shape index (κ3) is 3.77. The fraction of sp³-hybridized carbons (Fsp3) is 0.200. The van der Waals surface area contributed by atoms with Gasteiger partial charge in [-0.2, -0.15) is 0 Å². The SMILES string of the molecule is CSc1ccccc1OCc1sccc1C#CCN. The van der Waals surface area contributed by atoms with Crippen molar-refractivity contribution in [2.24, 2.45) is 5.73 Å². The molecular formula is C15H15NOS2. The van der Waals surface area contributed by atoms with Crippen LogP contribution in [-0.4, -0.2) is 12.8 Å². The van der Waals surface area contributed by atoms with Crippen LogP contribution in [0, 0.1) is 11.8 Å². The molecule has 0 saturated carbocycles. The first-order chi connectivity index (χ1) is 9.35. The van der Waals surface area contributed by atoms with Gasteiger partial charge in [-0.15, -0.1) is 23.1 Å². The van der Waals surface area contributed by atoms with E-state index in [0.29, 0.717) is 13.2 Å². The predicted octanol–water partition coefficient (Wildman–Crippen LogP) is 3.36. The normalized spacial score (nSPS) is 9.79. The molecule has 0 spiro atoms. The molecule has 19 heavy (non-hydrogen) atoms. The molecule has 0 fully saturated rings. The molecule has 4 heteroatoms. The Balaban J connectivity index is 2.08. The lowest BCUT2D eigenvalue weighted by atomic mass is 10.2. The van der Waals surface area contributed by atoms with Gasteiger partial charge in [0.05, 0.1) is 11.4 Å². The summed E-state index contributed by atoms with van der Waals surface area (Å²) < 4.78 is 5.88. The zero-order chi connectivity index (χ0) is 13.5. The third-order valence-corrected chi connectivity index (χ3v) is 4.17. The molecule has 0 saturated heterocycles. The second-order valence-electron chi connectivity index (χ2n) is 3.70. The van der Waals surface area contributed by atoms with Gasteiger partial charge in [0.15, 0.2) is 0 Å². The van der Waals surface area contributed by atoms with Crippen LogP contribution >= 0.6 is 23.1 Å². The lowest BCUT2D eigenvalue weighted by Crippen LogP contribution is -1.97. The largest absolute Gasteiger partial charge is 0.487 e. The number of thioether (sulfide) groups is 1. The van der Waals surface area contributed by atoms with E-state index < -0.39 is 0 Å². The topological polar surface area (TPSA) is 35.2 Å². The van der Waals surface area contributed by atoms with Crippen molar-refractivity contribution in [2.45, 2.75) is 11.5 Å². The van der Waals surface area contributed by atoms with Gasteiger partial charge in [-0.25, -0.2) is 0 Å². The molecule has 2 aromatic rings. The van der Waals surface area contributed by atoms with Crippen LogP contribution in [0.15, 0.2) is 40.6 Å². The van der Waals surface area contributed by atoms with E-state index in [0.717, 1.165) is 21.1 Å². The Hall–Kier alpha value is -1.41. The molecule has 0 radical (unpaired) electrons. The molecule has 0 aliphatic heterocycles. The van der Waals surface area contributed by atoms with Crippen molar-refractivity contribution >= 4 is 23.1 Å². The Morgan fingerprint density at radius 1 is 1.32 bits per heavy atom. The fourth-order valence-electron chi connectivity index (χ4n) is 1.59. The van der Waals surface area contributed by atoms with E-state index in [2.05, 4.69) is 17.9 Å². The van der Waals surface area contributed by atoms with Gasteiger partial charge >= 0.3 is 0 Å². The van der Waals surface area contributed by atoms with E-state index in [4.69, 9.17) is 10.5 Å². The number of hydrogen-bond donors (Lipinski definition) is 1. The number of benzene rings is 1. The van der Waals surface area contributed by atoms with E-state index >= 15 is 0 Å². The lowest BCUT2D eigenvalue weighted by molar-refractivity contribution is 0.302. The second kappa shape index (κ2) is 7.25. The number of hydrogen-bond acceptors (Lipinski definition) is 4. The molecule has 2 nitrogen and oxygen atoms in total. The van der Waals surface area contributed by atoms with Gasteiger partial charge in [0, 0.05) is 10.5 Å². The van der Waals surface area contributed by atoms with Gasteiger partial charge in [-0.3, -0.25) is 0 Å². The first kappa shape index (κ1) is 14.0. The van der Waals surface area contributed by atoms with Gasteiger partial charge in [-0.05, 0) is 29.8 Å². The maximum absolute atomic E-state index is 5.88. The number of para-hydroxylation sites is 1. The van der Waals surface area contributed by atoms with E-state index in [1.807, 2.05) is 35.9 Å². The molecule has 0 aliphatic rings. The minimum absolute atomic E-state index is 0.380. The highest BCUT2D eigenvalue weighted by molar-refractivity contribution is 7.98. The predicted molar refractivity (Wildman–Crippen MR) is 82.8 cm³/mol. The van der Waals surface area contributed by atoms with Crippen LogP contribution in [0.1, 0.15) is 10.4 Å². The quantitative estimate of drug-likeness (QED) is 0.692. The fourth-order valence-corrected chi connectivity index (χ4v) is 2.88. The first-order valence-corrected chi connectivity index (χ1v) is 7.96. The summed E-state index contributed by atoms with van der Waals surface area (Å²) in [5, 5.41) is 2.03. The third-order valence-electron chi connectivity index (χ3n) is 2.50. The molecule has 2 N–H and O–H groups in total. The van der Waals surface area contributed by atoms with Crippen molar-refractivity contribution in [1.82, 2.24) is 0 Å². The van der Waals surface area contributed by atoms with Crippen molar-refractivity contribution in [3.63, 3.8) is 0 Å². The molecule has 0 amide bonds. The highest BCUT2D eigenvalue weighted by Crippen LogP contribution is 2.28. The number of nitrogens with two attached hydrogens (primary N) is 1. The van der Waals surface area contributed by atoms with Crippen LogP contribution in [-0.2, 0) is 6.61 Å². The Morgan fingerprint density at radius 2 is 2.16 bits per heavy atom. The Kier molecular flexibility index (Phi) is 5.34. The summed E-state index contributed by atoms with van der Waals surface area (Å²) in [4.78, 5) is 2.28. The van der Waals surface area contributed by atoms with Crippen molar-refractivity contribution in [1.29, 1.82) is 0 Å². The monoisotopic (exact) mass is 289 g/mol. The Labute approximate surface area is 122 Å². The molecule has 1 aromatic heterocycles. The summed E-state index contributed by atoms with van der Waals surface area (Å²) in [6, 6.07) is 10.1. The van der Waals surface area contributed by atoms with E-state index in [9.17, 15) is 0 Å². The number of ether oxygens (including phenoxy) is 1. The molecule has 98 valence electrons. The van der Waals surface area contributed by atoms with Crippen molar-refractivity contribution in [2.75, 3.05) is 12.8 Å². The summed E-state index contributed by atoms with van der Waals surface area (Å²) in [7, 11) is 0. The average Bonchev–Trinajstić information content (AvgIpc) is 2.90. The summed E-state index contributed by atoms with van der Waals surface area (Å²) in [5.41, 5.74) is 6.41. The van der Waals surface area contributed by atoms with Crippen LogP contribution in [0.5, 0.6) is 5.75 Å². The van der Waals surface area contributed by atoms with Gasteiger partial charge in [0.2, 0.25) is 0 Å². The zero-order valence-electron chi connectivity index (χ0n) is 10.7. The molecule has 1 aromatic carbocycles. The molecule has 0 unspecified atom stereocenters. The maximum atomic E-state index is 5.88. The van der Waals surface area contributed by atoms with Crippen LogP contribution in [0.2, 0.25) is 0 Å². The minimum atomic E-state index is 0.380. The molecule has 0 aliphatic carbocycles. The zero-order valence-corrected chi connectivity index (χ0v) is 12.3. The highest BCUT2D eigenvalue weighted by Gasteiger charge is 2.05. The maximum Gasteiger partial charge on any atom is 0.133 e. The summed E-state index contributed by atoms with van der Waals surface area (Å²) in [6.45, 7) is 0.926. The smallest absolute Gasteiger partial charge is 0.133 e. The van der Waals surface area contributed by atoms with Crippen molar-refractivity contribution in [3.8, 4) is 17.6 Å². The standard InChI is InChI=1S/C15H15NOS2/c1-18-14-7-3-2-6-13(14)17-11-15-12(5-4-9-16)8-10-19-15/h2-3,6-8,10H,9,11,16H2,1H3. The van der Waals surface area contributed by atoms with E-state index in [1.165, 1.54) is 0 Å². The molecular weight excluding hydrogens is 274 g/mol. The van der Waals surface area contributed by atoms with Gasteiger partial charge in [0.1, 0.15) is 12.4 Å². The summed E-state index contributed by atoms with van der Waals surface area (Å²) in [5.74, 6) is 6.86. The molecule has 0 atom stereocenters. The van der Waals surface area contributed by atoms with Gasteiger partial charge in [0.25, 0.3) is 0 Å². The van der Waals surface area contributed by atoms with E-state index in [-0.39, 0.29) is 0 Å². The minimum Gasteiger partial charge on any atom is -0.487 e. The molecule has 0 bridgehead atoms. The van der Waals surface area contributed by atoms with Crippen LogP contribution in [0.4, 0.5) is 0 Å². The second-order valence-corrected chi connectivity index (χ2v) is 5.55. The lowest BCUT2D eigenvalue weighted by Gasteiger charge is -2.09. The Bertz CT molecular complexity index is 595. The summed E-state index contributed by atoms with van der Waals surface area (Å²) in [6.07, 6.45) is 2.05. The average molecular weight is 289 g/mol. The summed E-state index contributed by atoms with van der Waals surface area (Å²) >= 11 is 3.34. The van der Waals surface area contributed by atoms with Crippen molar-refractivity contribution in [3.05, 3.63) is 46.2 Å². The number of thiophene rings is 1. The molecule has 2 rings (SSSR count). The van der Waals surface area contributed by atoms with Gasteiger partial charge in [-0.1, -0.05) is 24.0 Å². The van der Waals surface area contributed by atoms with Crippen molar-refractivity contribution < 1.29 is 4.74 Å². The highest BCUT2D eigenvalue weighted by atomic mass is 32.2. The first-order valence-electron chi connectivity index (χ1n) is 5.86. The Morgan fingerprint density at radius 3 is 2.95 bits per heavy atom. The van der Waals surface area contributed by atoms with E-state index in [1.54, 1.807) is 23.1 Å². The van der Waals surface area contributed by atoms with Crippen LogP contribution in [0.3, 0.4) is 0 Å².